The van der Waals surface area contributed by atoms with E-state index in [9.17, 15) is 8.78 Å². The highest BCUT2D eigenvalue weighted by Crippen LogP contribution is 2.28. The topological polar surface area (TPSA) is 12.9 Å². The van der Waals surface area contributed by atoms with Crippen LogP contribution < -0.4 is 0 Å². The Labute approximate surface area is 81.9 Å². The van der Waals surface area contributed by atoms with Gasteiger partial charge < -0.3 is 0 Å². The van der Waals surface area contributed by atoms with Crippen molar-refractivity contribution in [1.29, 1.82) is 0 Å². The van der Waals surface area contributed by atoms with Crippen LogP contribution in [0.3, 0.4) is 0 Å². The predicted molar refractivity (Wildman–Crippen MR) is 46.6 cm³/mol. The van der Waals surface area contributed by atoms with Gasteiger partial charge in [-0.1, -0.05) is 11.6 Å². The molecule has 5 heteroatoms. The summed E-state index contributed by atoms with van der Waals surface area (Å²) in [6.45, 7) is 1.70. The van der Waals surface area contributed by atoms with Gasteiger partial charge in [0.1, 0.15) is 10.8 Å². The van der Waals surface area contributed by atoms with Crippen molar-refractivity contribution in [2.75, 3.05) is 0 Å². The molecule has 0 aliphatic heterocycles. The zero-order valence-electron chi connectivity index (χ0n) is 6.11. The normalized spacial score (nSPS) is 10.8. The molecule has 0 unspecified atom stereocenters. The van der Waals surface area contributed by atoms with Crippen molar-refractivity contribution in [3.63, 3.8) is 0 Å². The van der Waals surface area contributed by atoms with Crippen LogP contribution in [0.5, 0.6) is 0 Å². The third-order valence-electron chi connectivity index (χ3n) is 1.34. The number of aryl methyl sites for hydroxylation is 1. The van der Waals surface area contributed by atoms with Gasteiger partial charge in [0.25, 0.3) is 6.43 Å². The number of alkyl halides is 2. The second-order valence-electron chi connectivity index (χ2n) is 2.26. The molecule has 0 aromatic carbocycles. The summed E-state index contributed by atoms with van der Waals surface area (Å²) in [4.78, 5) is 3.54. The minimum Gasteiger partial charge on any atom is -0.234 e. The first-order valence-corrected chi connectivity index (χ1v) is 4.30. The maximum atomic E-state index is 12.2. The van der Waals surface area contributed by atoms with Gasteiger partial charge in [-0.3, -0.25) is 0 Å². The van der Waals surface area contributed by atoms with Crippen molar-refractivity contribution in [3.8, 4) is 0 Å². The number of nitrogens with zero attached hydrogens (tertiary/aromatic N) is 1. The van der Waals surface area contributed by atoms with Gasteiger partial charge in [-0.15, -0.1) is 0 Å². The molecular weight excluding hydrogens is 251 g/mol. The maximum Gasteiger partial charge on any atom is 0.281 e. The zero-order valence-corrected chi connectivity index (χ0v) is 8.46. The zero-order chi connectivity index (χ0) is 9.30. The lowest BCUT2D eigenvalue weighted by Crippen LogP contribution is -1.94. The quantitative estimate of drug-likeness (QED) is 0.698. The van der Waals surface area contributed by atoms with E-state index < -0.39 is 6.43 Å². The van der Waals surface area contributed by atoms with Crippen LogP contribution in [0.2, 0.25) is 5.15 Å². The van der Waals surface area contributed by atoms with Crippen molar-refractivity contribution in [3.05, 3.63) is 26.9 Å². The third-order valence-corrected chi connectivity index (χ3v) is 2.36. The lowest BCUT2D eigenvalue weighted by atomic mass is 10.3. The highest BCUT2D eigenvalue weighted by Gasteiger charge is 2.14. The molecule has 0 radical (unpaired) electrons. The standard InChI is InChI=1S/C7H5BrClF2N/c1-3-2-4(8)5(7(10)11)12-6(3)9/h2,7H,1H3. The summed E-state index contributed by atoms with van der Waals surface area (Å²) in [5.74, 6) is 0. The monoisotopic (exact) mass is 255 g/mol. The van der Waals surface area contributed by atoms with Crippen LogP contribution in [0.15, 0.2) is 10.5 Å². The number of halogens is 4. The molecule has 1 aromatic heterocycles. The SMILES string of the molecule is Cc1cc(Br)c(C(F)F)nc1Cl. The van der Waals surface area contributed by atoms with Gasteiger partial charge >= 0.3 is 0 Å². The number of hydrogen-bond donors (Lipinski definition) is 0. The van der Waals surface area contributed by atoms with E-state index in [0.29, 0.717) is 10.0 Å². The van der Waals surface area contributed by atoms with E-state index in [0.717, 1.165) is 0 Å². The molecule has 0 bridgehead atoms. The van der Waals surface area contributed by atoms with Crippen molar-refractivity contribution in [1.82, 2.24) is 4.98 Å². The maximum absolute atomic E-state index is 12.2. The number of hydrogen-bond acceptors (Lipinski definition) is 1. The molecule has 0 N–H and O–H groups in total. The van der Waals surface area contributed by atoms with Crippen molar-refractivity contribution < 1.29 is 8.78 Å². The number of rotatable bonds is 1. The molecule has 1 aromatic rings. The smallest absolute Gasteiger partial charge is 0.234 e. The Morgan fingerprint density at radius 3 is 2.67 bits per heavy atom. The highest BCUT2D eigenvalue weighted by molar-refractivity contribution is 9.10. The molecule has 0 aliphatic carbocycles. The van der Waals surface area contributed by atoms with Crippen LogP contribution in [-0.4, -0.2) is 4.98 Å². The van der Waals surface area contributed by atoms with Crippen LogP contribution in [0.25, 0.3) is 0 Å². The van der Waals surface area contributed by atoms with E-state index >= 15 is 0 Å². The second kappa shape index (κ2) is 3.66. The van der Waals surface area contributed by atoms with E-state index in [2.05, 4.69) is 20.9 Å². The Kier molecular flexibility index (Phi) is 3.01. The first-order valence-electron chi connectivity index (χ1n) is 3.13. The van der Waals surface area contributed by atoms with Crippen molar-refractivity contribution in [2.24, 2.45) is 0 Å². The summed E-state index contributed by atoms with van der Waals surface area (Å²) in [6, 6.07) is 1.52. The summed E-state index contributed by atoms with van der Waals surface area (Å²) < 4.78 is 24.7. The lowest BCUT2D eigenvalue weighted by molar-refractivity contribution is 0.145. The Morgan fingerprint density at radius 2 is 2.17 bits per heavy atom. The Morgan fingerprint density at radius 1 is 1.58 bits per heavy atom. The molecule has 0 saturated carbocycles. The van der Waals surface area contributed by atoms with Crippen molar-refractivity contribution >= 4 is 27.5 Å². The molecular formula is C7H5BrClF2N. The minimum absolute atomic E-state index is 0.119. The van der Waals surface area contributed by atoms with Gasteiger partial charge in [0, 0.05) is 4.47 Å². The molecule has 0 amide bonds. The molecule has 1 heterocycles. The van der Waals surface area contributed by atoms with Gasteiger partial charge in [0.05, 0.1) is 0 Å². The molecule has 1 rings (SSSR count). The predicted octanol–water partition coefficient (Wildman–Crippen LogP) is 3.74. The summed E-state index contributed by atoms with van der Waals surface area (Å²) in [7, 11) is 0. The summed E-state index contributed by atoms with van der Waals surface area (Å²) >= 11 is 8.55. The minimum atomic E-state index is -2.60. The van der Waals surface area contributed by atoms with Crippen LogP contribution in [0, 0.1) is 6.92 Å². The molecule has 1 nitrogen and oxygen atoms in total. The fourth-order valence-electron chi connectivity index (χ4n) is 0.724. The van der Waals surface area contributed by atoms with E-state index in [-0.39, 0.29) is 10.8 Å². The Balaban J connectivity index is 3.23. The van der Waals surface area contributed by atoms with Gasteiger partial charge in [0.2, 0.25) is 0 Å². The molecule has 0 spiro atoms. The van der Waals surface area contributed by atoms with Gasteiger partial charge in [-0.05, 0) is 34.5 Å². The number of aromatic nitrogens is 1. The second-order valence-corrected chi connectivity index (χ2v) is 3.48. The first kappa shape index (κ1) is 9.86. The largest absolute Gasteiger partial charge is 0.281 e. The summed E-state index contributed by atoms with van der Waals surface area (Å²) in [5, 5.41) is 0.119. The molecule has 12 heavy (non-hydrogen) atoms. The average molecular weight is 256 g/mol. The van der Waals surface area contributed by atoms with E-state index in [1.165, 1.54) is 6.07 Å². The first-order chi connectivity index (χ1) is 5.52. The molecule has 66 valence electrons. The Bertz CT molecular complexity index is 304. The van der Waals surface area contributed by atoms with E-state index in [1.807, 2.05) is 0 Å². The Hall–Kier alpha value is -0.220. The van der Waals surface area contributed by atoms with Crippen LogP contribution in [0.4, 0.5) is 8.78 Å². The van der Waals surface area contributed by atoms with Crippen molar-refractivity contribution in [2.45, 2.75) is 13.3 Å². The lowest BCUT2D eigenvalue weighted by Gasteiger charge is -2.04. The van der Waals surface area contributed by atoms with E-state index in [1.54, 1.807) is 6.92 Å². The summed E-state index contributed by atoms with van der Waals surface area (Å²) in [5.41, 5.74) is 0.360. The number of pyridine rings is 1. The van der Waals surface area contributed by atoms with Gasteiger partial charge in [0.15, 0.2) is 0 Å². The fourth-order valence-corrected chi connectivity index (χ4v) is 1.47. The van der Waals surface area contributed by atoms with Crippen LogP contribution >= 0.6 is 27.5 Å². The fraction of sp³-hybridized carbons (Fsp3) is 0.286. The summed E-state index contributed by atoms with van der Waals surface area (Å²) in [6.07, 6.45) is -2.60. The van der Waals surface area contributed by atoms with Crippen LogP contribution in [0.1, 0.15) is 17.7 Å². The van der Waals surface area contributed by atoms with E-state index in [4.69, 9.17) is 11.6 Å². The van der Waals surface area contributed by atoms with Crippen LogP contribution in [-0.2, 0) is 0 Å². The molecule has 0 aliphatic rings. The third kappa shape index (κ3) is 1.93. The molecule has 0 fully saturated rings. The highest BCUT2D eigenvalue weighted by atomic mass is 79.9. The average Bonchev–Trinajstić information content (AvgIpc) is 1.96. The molecule has 0 atom stereocenters. The molecule has 0 saturated heterocycles. The van der Waals surface area contributed by atoms with Gasteiger partial charge in [-0.2, -0.15) is 0 Å². The van der Waals surface area contributed by atoms with Gasteiger partial charge in [-0.25, -0.2) is 13.8 Å².